The van der Waals surface area contributed by atoms with Gasteiger partial charge in [-0.25, -0.2) is 9.82 Å². The van der Waals surface area contributed by atoms with Gasteiger partial charge in [0.1, 0.15) is 11.9 Å². The van der Waals surface area contributed by atoms with Gasteiger partial charge in [-0.2, -0.15) is 0 Å². The summed E-state index contributed by atoms with van der Waals surface area (Å²) in [5, 5.41) is 2.02. The molecule has 136 valence electrons. The number of hydrogen-bond acceptors (Lipinski definition) is 5. The van der Waals surface area contributed by atoms with Gasteiger partial charge < -0.3 is 9.64 Å². The number of benzene rings is 1. The minimum Gasteiger partial charge on any atom is -0.473 e. The van der Waals surface area contributed by atoms with Gasteiger partial charge in [-0.1, -0.05) is 37.7 Å². The van der Waals surface area contributed by atoms with Gasteiger partial charge in [0.15, 0.2) is 0 Å². The lowest BCUT2D eigenvalue weighted by molar-refractivity contribution is 0.108. The minimum atomic E-state index is -0.174. The highest BCUT2D eigenvalue weighted by molar-refractivity contribution is 8.06. The number of fused-ring (bicyclic) bond motifs is 1. The summed E-state index contributed by atoms with van der Waals surface area (Å²) in [5.74, 6) is 0.616. The van der Waals surface area contributed by atoms with E-state index in [2.05, 4.69) is 22.8 Å². The number of nitrogens with zero attached hydrogens (tertiary/aromatic N) is 1. The molecule has 4 rings (SSSR count). The highest BCUT2D eigenvalue weighted by Crippen LogP contribution is 2.43. The van der Waals surface area contributed by atoms with Crippen LogP contribution in [0.4, 0.5) is 4.39 Å². The van der Waals surface area contributed by atoms with Gasteiger partial charge in [0.25, 0.3) is 0 Å². The minimum absolute atomic E-state index is 0.0358. The van der Waals surface area contributed by atoms with Crippen molar-refractivity contribution in [3.05, 3.63) is 51.3 Å². The largest absolute Gasteiger partial charge is 0.473 e. The fourth-order valence-electron chi connectivity index (χ4n) is 3.25. The first-order valence-electron chi connectivity index (χ1n) is 8.86. The zero-order chi connectivity index (χ0) is 18.0. The average molecular weight is 364 g/mol. The number of likely N-dealkylation sites (N-methyl/N-ethyl adjacent to an activating group) is 1. The van der Waals surface area contributed by atoms with E-state index < -0.39 is 0 Å². The summed E-state index contributed by atoms with van der Waals surface area (Å²) >= 11 is 1.61. The lowest BCUT2D eigenvalue weighted by Crippen LogP contribution is -2.34. The third kappa shape index (κ3) is 3.71. The Morgan fingerprint density at radius 3 is 2.80 bits per heavy atom. The van der Waals surface area contributed by atoms with Crippen molar-refractivity contribution in [2.75, 3.05) is 20.1 Å². The SMILES string of the molecule is CC.Cc1ccc(C2=CSC3=C(OC4CCN(C)C4)NNC23)c(F)c1. The third-order valence-electron chi connectivity index (χ3n) is 4.51. The van der Waals surface area contributed by atoms with E-state index in [4.69, 9.17) is 4.74 Å². The Hall–Kier alpha value is -1.50. The zero-order valence-corrected chi connectivity index (χ0v) is 16.0. The molecule has 1 fully saturated rings. The number of nitrogens with one attached hydrogen (secondary N) is 2. The Kier molecular flexibility index (Phi) is 5.71. The van der Waals surface area contributed by atoms with Crippen LogP contribution in [0.1, 0.15) is 31.4 Å². The quantitative estimate of drug-likeness (QED) is 0.858. The molecular weight excluding hydrogens is 337 g/mol. The van der Waals surface area contributed by atoms with Crippen LogP contribution in [0.5, 0.6) is 0 Å². The van der Waals surface area contributed by atoms with E-state index >= 15 is 0 Å². The lowest BCUT2D eigenvalue weighted by atomic mass is 9.99. The average Bonchev–Trinajstić information content (AvgIpc) is 3.29. The van der Waals surface area contributed by atoms with E-state index in [0.717, 1.165) is 41.4 Å². The molecule has 2 atom stereocenters. The molecule has 1 saturated heterocycles. The summed E-state index contributed by atoms with van der Waals surface area (Å²) in [4.78, 5) is 3.36. The first-order chi connectivity index (χ1) is 12.1. The molecule has 1 aromatic carbocycles. The van der Waals surface area contributed by atoms with Crippen molar-refractivity contribution in [2.45, 2.75) is 39.3 Å². The summed E-state index contributed by atoms with van der Waals surface area (Å²) in [6.45, 7) is 7.91. The van der Waals surface area contributed by atoms with E-state index in [1.54, 1.807) is 17.8 Å². The molecule has 0 radical (unpaired) electrons. The van der Waals surface area contributed by atoms with Crippen LogP contribution in [0.25, 0.3) is 5.57 Å². The molecule has 3 aliphatic heterocycles. The van der Waals surface area contributed by atoms with Gasteiger partial charge in [-0.3, -0.25) is 5.43 Å². The number of thioether (sulfide) groups is 1. The van der Waals surface area contributed by atoms with Crippen molar-refractivity contribution in [1.82, 2.24) is 15.8 Å². The summed E-state index contributed by atoms with van der Waals surface area (Å²) in [6.07, 6.45) is 1.26. The molecular formula is C19H26FN3OS. The van der Waals surface area contributed by atoms with Crippen LogP contribution in [-0.4, -0.2) is 37.2 Å². The predicted octanol–water partition coefficient (Wildman–Crippen LogP) is 3.61. The van der Waals surface area contributed by atoms with Crippen molar-refractivity contribution in [1.29, 1.82) is 0 Å². The Bertz CT molecular complexity index is 704. The molecule has 2 unspecified atom stereocenters. The standard InChI is InChI=1S/C17H20FN3OS.C2H6/c1-10-3-4-12(14(18)7-10)13-9-23-16-15(13)19-20-17(16)22-11-5-6-21(2)8-11;1-2/h3-4,7,9,11,15,19-20H,5-6,8H2,1-2H3;1-2H3. The Morgan fingerprint density at radius 1 is 1.32 bits per heavy atom. The molecule has 0 bridgehead atoms. The van der Waals surface area contributed by atoms with E-state index in [1.165, 1.54) is 0 Å². The maximum absolute atomic E-state index is 14.3. The maximum atomic E-state index is 14.3. The zero-order valence-electron chi connectivity index (χ0n) is 15.2. The molecule has 4 nitrogen and oxygen atoms in total. The lowest BCUT2D eigenvalue weighted by Gasteiger charge is -2.15. The molecule has 3 heterocycles. The summed E-state index contributed by atoms with van der Waals surface area (Å²) in [7, 11) is 2.11. The molecule has 0 amide bonds. The highest BCUT2D eigenvalue weighted by Gasteiger charge is 2.37. The van der Waals surface area contributed by atoms with Crippen LogP contribution in [0.2, 0.25) is 0 Å². The number of ether oxygens (including phenoxy) is 1. The molecule has 25 heavy (non-hydrogen) atoms. The Morgan fingerprint density at radius 2 is 2.12 bits per heavy atom. The van der Waals surface area contributed by atoms with E-state index in [-0.39, 0.29) is 18.0 Å². The van der Waals surface area contributed by atoms with E-state index in [9.17, 15) is 4.39 Å². The highest BCUT2D eigenvalue weighted by atomic mass is 32.2. The van der Waals surface area contributed by atoms with Gasteiger partial charge in [-0.15, -0.1) is 0 Å². The number of rotatable bonds is 3. The van der Waals surface area contributed by atoms with Gasteiger partial charge in [0.05, 0.1) is 10.9 Å². The number of hydrazine groups is 1. The van der Waals surface area contributed by atoms with E-state index in [1.807, 2.05) is 38.3 Å². The van der Waals surface area contributed by atoms with Crippen LogP contribution in [-0.2, 0) is 4.74 Å². The van der Waals surface area contributed by atoms with Crippen molar-refractivity contribution in [3.8, 4) is 0 Å². The molecule has 0 saturated carbocycles. The topological polar surface area (TPSA) is 36.5 Å². The Balaban J connectivity index is 0.000000880. The number of hydrogen-bond donors (Lipinski definition) is 2. The fourth-order valence-corrected chi connectivity index (χ4v) is 4.29. The predicted molar refractivity (Wildman–Crippen MR) is 102 cm³/mol. The number of halogens is 1. The van der Waals surface area contributed by atoms with Crippen molar-refractivity contribution in [2.24, 2.45) is 0 Å². The van der Waals surface area contributed by atoms with Gasteiger partial charge in [0, 0.05) is 18.7 Å². The van der Waals surface area contributed by atoms with Gasteiger partial charge >= 0.3 is 0 Å². The number of aryl methyl sites for hydroxylation is 1. The second kappa shape index (κ2) is 7.81. The van der Waals surface area contributed by atoms with Crippen molar-refractivity contribution >= 4 is 17.3 Å². The van der Waals surface area contributed by atoms with Crippen LogP contribution in [0.3, 0.4) is 0 Å². The van der Waals surface area contributed by atoms with Gasteiger partial charge in [0.2, 0.25) is 5.88 Å². The molecule has 3 aliphatic rings. The van der Waals surface area contributed by atoms with Gasteiger partial charge in [-0.05, 0) is 43.0 Å². The summed E-state index contributed by atoms with van der Waals surface area (Å²) < 4.78 is 20.4. The van der Waals surface area contributed by atoms with Crippen LogP contribution in [0, 0.1) is 12.7 Å². The van der Waals surface area contributed by atoms with Crippen molar-refractivity contribution in [3.63, 3.8) is 0 Å². The first-order valence-corrected chi connectivity index (χ1v) is 9.74. The molecule has 0 aromatic heterocycles. The second-order valence-corrected chi connectivity index (χ2v) is 7.27. The smallest absolute Gasteiger partial charge is 0.213 e. The van der Waals surface area contributed by atoms with Crippen LogP contribution >= 0.6 is 11.8 Å². The summed E-state index contributed by atoms with van der Waals surface area (Å²) in [5.41, 5.74) is 8.90. The maximum Gasteiger partial charge on any atom is 0.213 e. The second-order valence-electron chi connectivity index (χ2n) is 6.36. The molecule has 0 spiro atoms. The third-order valence-corrected chi connectivity index (χ3v) is 5.55. The monoisotopic (exact) mass is 363 g/mol. The molecule has 0 aliphatic carbocycles. The molecule has 2 N–H and O–H groups in total. The van der Waals surface area contributed by atoms with Crippen LogP contribution in [0.15, 0.2) is 34.4 Å². The molecule has 1 aromatic rings. The fraction of sp³-hybridized carbons (Fsp3) is 0.474. The molecule has 6 heteroatoms. The number of likely N-dealkylation sites (tertiary alicyclic amines) is 1. The summed E-state index contributed by atoms with van der Waals surface area (Å²) in [6, 6.07) is 5.34. The Labute approximate surface area is 153 Å². The van der Waals surface area contributed by atoms with Crippen LogP contribution < -0.4 is 10.9 Å². The van der Waals surface area contributed by atoms with Crippen molar-refractivity contribution < 1.29 is 9.13 Å². The normalized spacial score (nSPS) is 25.2. The first kappa shape index (κ1) is 18.3. The van der Waals surface area contributed by atoms with E-state index in [0.29, 0.717) is 5.56 Å².